The number of hydrogen-bond acceptors (Lipinski definition) is 5. The van der Waals surface area contributed by atoms with Gasteiger partial charge in [0.15, 0.2) is 11.5 Å². The second kappa shape index (κ2) is 6.22. The van der Waals surface area contributed by atoms with Crippen molar-refractivity contribution in [3.8, 4) is 17.2 Å². The molecule has 2 aliphatic heterocycles. The van der Waals surface area contributed by atoms with Crippen LogP contribution in [0.2, 0.25) is 0 Å². The quantitative estimate of drug-likeness (QED) is 0.868. The van der Waals surface area contributed by atoms with Gasteiger partial charge in [-0.3, -0.25) is 4.79 Å². The molecule has 0 aromatic heterocycles. The summed E-state index contributed by atoms with van der Waals surface area (Å²) < 4.78 is 16.4. The smallest absolute Gasteiger partial charge is 0.251 e. The first-order chi connectivity index (χ1) is 10.3. The van der Waals surface area contributed by atoms with Gasteiger partial charge in [0.2, 0.25) is 5.75 Å². The van der Waals surface area contributed by atoms with Gasteiger partial charge in [0.25, 0.3) is 5.91 Å². The number of carbonyl (C=O) groups is 1. The average molecular weight is 292 g/mol. The fraction of sp³-hybridized carbons (Fsp3) is 0.533. The minimum absolute atomic E-state index is 0.112. The molecule has 0 saturated carbocycles. The Morgan fingerprint density at radius 1 is 1.38 bits per heavy atom. The first-order valence-corrected chi connectivity index (χ1v) is 7.27. The van der Waals surface area contributed by atoms with E-state index in [4.69, 9.17) is 14.2 Å². The lowest BCUT2D eigenvalue weighted by Crippen LogP contribution is -2.45. The standard InChI is InChI=1S/C15H20N2O4/c1-19-12-7-10(8-13-14(12)21-6-5-20-13)15(18)17-11-3-2-4-16-9-11/h7-8,11,16H,2-6,9H2,1H3,(H,17,18). The van der Waals surface area contributed by atoms with Crippen LogP contribution < -0.4 is 24.8 Å². The van der Waals surface area contributed by atoms with Gasteiger partial charge in [-0.2, -0.15) is 0 Å². The molecule has 6 nitrogen and oxygen atoms in total. The number of amides is 1. The van der Waals surface area contributed by atoms with Gasteiger partial charge in [-0.05, 0) is 31.5 Å². The van der Waals surface area contributed by atoms with E-state index in [0.717, 1.165) is 25.9 Å². The van der Waals surface area contributed by atoms with Gasteiger partial charge in [-0.15, -0.1) is 0 Å². The second-order valence-electron chi connectivity index (χ2n) is 5.22. The Balaban J connectivity index is 1.79. The van der Waals surface area contributed by atoms with Crippen LogP contribution in [0.15, 0.2) is 12.1 Å². The van der Waals surface area contributed by atoms with Gasteiger partial charge in [-0.1, -0.05) is 0 Å². The fourth-order valence-corrected chi connectivity index (χ4v) is 2.65. The number of carbonyl (C=O) groups excluding carboxylic acids is 1. The van der Waals surface area contributed by atoms with Crippen molar-refractivity contribution in [3.63, 3.8) is 0 Å². The largest absolute Gasteiger partial charge is 0.493 e. The summed E-state index contributed by atoms with van der Waals surface area (Å²) in [6.07, 6.45) is 2.08. The molecule has 114 valence electrons. The van der Waals surface area contributed by atoms with E-state index in [0.29, 0.717) is 36.0 Å². The van der Waals surface area contributed by atoms with Gasteiger partial charge >= 0.3 is 0 Å². The summed E-state index contributed by atoms with van der Waals surface area (Å²) in [4.78, 5) is 12.4. The zero-order valence-electron chi connectivity index (χ0n) is 12.1. The third-order valence-corrected chi connectivity index (χ3v) is 3.72. The molecule has 1 aromatic carbocycles. The Morgan fingerprint density at radius 2 is 2.24 bits per heavy atom. The van der Waals surface area contributed by atoms with Crippen molar-refractivity contribution >= 4 is 5.91 Å². The normalized spacial score (nSPS) is 20.7. The first-order valence-electron chi connectivity index (χ1n) is 7.27. The maximum Gasteiger partial charge on any atom is 0.251 e. The number of ether oxygens (including phenoxy) is 3. The molecule has 6 heteroatoms. The Hall–Kier alpha value is -1.95. The number of benzene rings is 1. The lowest BCUT2D eigenvalue weighted by Gasteiger charge is -2.25. The average Bonchev–Trinajstić information content (AvgIpc) is 2.54. The highest BCUT2D eigenvalue weighted by Gasteiger charge is 2.22. The maximum atomic E-state index is 12.4. The van der Waals surface area contributed by atoms with E-state index >= 15 is 0 Å². The molecule has 0 aliphatic carbocycles. The van der Waals surface area contributed by atoms with Gasteiger partial charge in [0.1, 0.15) is 13.2 Å². The van der Waals surface area contributed by atoms with Crippen LogP contribution >= 0.6 is 0 Å². The Bertz CT molecular complexity index is 509. The van der Waals surface area contributed by atoms with Crippen molar-refractivity contribution in [2.45, 2.75) is 18.9 Å². The van der Waals surface area contributed by atoms with Crippen molar-refractivity contribution in [1.82, 2.24) is 10.6 Å². The monoisotopic (exact) mass is 292 g/mol. The van der Waals surface area contributed by atoms with E-state index in [2.05, 4.69) is 10.6 Å². The Morgan fingerprint density at radius 3 is 3.00 bits per heavy atom. The molecule has 2 N–H and O–H groups in total. The molecule has 2 aliphatic rings. The zero-order chi connectivity index (χ0) is 14.7. The van der Waals surface area contributed by atoms with Gasteiger partial charge in [0.05, 0.1) is 7.11 Å². The van der Waals surface area contributed by atoms with Crippen molar-refractivity contribution in [3.05, 3.63) is 17.7 Å². The van der Waals surface area contributed by atoms with E-state index in [9.17, 15) is 4.79 Å². The van der Waals surface area contributed by atoms with E-state index in [1.165, 1.54) is 0 Å². The van der Waals surface area contributed by atoms with Gasteiger partial charge < -0.3 is 24.8 Å². The molecular formula is C15H20N2O4. The molecular weight excluding hydrogens is 272 g/mol. The van der Waals surface area contributed by atoms with Crippen molar-refractivity contribution in [1.29, 1.82) is 0 Å². The fourth-order valence-electron chi connectivity index (χ4n) is 2.65. The number of hydrogen-bond donors (Lipinski definition) is 2. The van der Waals surface area contributed by atoms with Gasteiger partial charge in [-0.25, -0.2) is 0 Å². The number of rotatable bonds is 3. The molecule has 1 amide bonds. The topological polar surface area (TPSA) is 68.8 Å². The number of piperidine rings is 1. The predicted octanol–water partition coefficient (Wildman–Crippen LogP) is 0.948. The van der Waals surface area contributed by atoms with E-state index in [1.54, 1.807) is 19.2 Å². The highest BCUT2D eigenvalue weighted by Crippen LogP contribution is 2.40. The highest BCUT2D eigenvalue weighted by atomic mass is 16.6. The van der Waals surface area contributed by atoms with E-state index < -0.39 is 0 Å². The summed E-state index contributed by atoms with van der Waals surface area (Å²) in [5.74, 6) is 1.55. The molecule has 1 fully saturated rings. The van der Waals surface area contributed by atoms with Crippen LogP contribution in [0.1, 0.15) is 23.2 Å². The van der Waals surface area contributed by atoms with Crippen molar-refractivity contribution in [2.75, 3.05) is 33.4 Å². The van der Waals surface area contributed by atoms with Crippen molar-refractivity contribution in [2.24, 2.45) is 0 Å². The molecule has 1 atom stereocenters. The molecule has 1 aromatic rings. The number of fused-ring (bicyclic) bond motifs is 1. The first kappa shape index (κ1) is 14.0. The SMILES string of the molecule is COc1cc(C(=O)NC2CCCNC2)cc2c1OCCO2. The van der Waals surface area contributed by atoms with Crippen molar-refractivity contribution < 1.29 is 19.0 Å². The highest BCUT2D eigenvalue weighted by molar-refractivity contribution is 5.95. The second-order valence-corrected chi connectivity index (χ2v) is 5.22. The number of nitrogens with one attached hydrogen (secondary N) is 2. The minimum atomic E-state index is -0.112. The molecule has 1 saturated heterocycles. The minimum Gasteiger partial charge on any atom is -0.493 e. The van der Waals surface area contributed by atoms with Crippen LogP contribution in [0.3, 0.4) is 0 Å². The summed E-state index contributed by atoms with van der Waals surface area (Å²) in [6.45, 7) is 2.80. The Kier molecular flexibility index (Phi) is 4.15. The van der Waals surface area contributed by atoms with E-state index in [1.807, 2.05) is 0 Å². The molecule has 0 bridgehead atoms. The molecule has 0 radical (unpaired) electrons. The van der Waals surface area contributed by atoms with Crippen LogP contribution in [0.4, 0.5) is 0 Å². The molecule has 1 unspecified atom stereocenters. The van der Waals surface area contributed by atoms with Crippen LogP contribution in [0.5, 0.6) is 17.2 Å². The Labute approximate surface area is 123 Å². The third kappa shape index (κ3) is 3.05. The number of methoxy groups -OCH3 is 1. The molecule has 2 heterocycles. The van der Waals surface area contributed by atoms with Crippen LogP contribution in [0.25, 0.3) is 0 Å². The predicted molar refractivity (Wildman–Crippen MR) is 77.3 cm³/mol. The molecule has 21 heavy (non-hydrogen) atoms. The van der Waals surface area contributed by atoms with Crippen LogP contribution in [-0.2, 0) is 0 Å². The summed E-state index contributed by atoms with van der Waals surface area (Å²) in [5.41, 5.74) is 0.529. The van der Waals surface area contributed by atoms with Gasteiger partial charge in [0, 0.05) is 18.2 Å². The van der Waals surface area contributed by atoms with E-state index in [-0.39, 0.29) is 11.9 Å². The summed E-state index contributed by atoms with van der Waals surface area (Å²) >= 11 is 0. The maximum absolute atomic E-state index is 12.4. The summed E-state index contributed by atoms with van der Waals surface area (Å²) in [5, 5.41) is 6.32. The lowest BCUT2D eigenvalue weighted by atomic mass is 10.1. The summed E-state index contributed by atoms with van der Waals surface area (Å²) in [6, 6.07) is 3.58. The molecule has 0 spiro atoms. The molecule has 3 rings (SSSR count). The van der Waals surface area contributed by atoms with Crippen LogP contribution in [-0.4, -0.2) is 45.4 Å². The zero-order valence-corrected chi connectivity index (χ0v) is 12.1. The lowest BCUT2D eigenvalue weighted by molar-refractivity contribution is 0.0928. The third-order valence-electron chi connectivity index (χ3n) is 3.72. The summed E-state index contributed by atoms with van der Waals surface area (Å²) in [7, 11) is 1.56. The van der Waals surface area contributed by atoms with Crippen LogP contribution in [0, 0.1) is 0 Å².